The lowest BCUT2D eigenvalue weighted by molar-refractivity contribution is -0.143. The minimum Gasteiger partial charge on any atom is -0.468 e. The number of likely N-dealkylation sites (N-methyl/N-ethyl adjacent to an activating group) is 2. The molecule has 0 aromatic rings. The minimum atomic E-state index is -0.248. The molecule has 1 atom stereocenters. The molecule has 1 N–H and O–H groups in total. The molecule has 0 saturated carbocycles. The maximum Gasteiger partial charge on any atom is 0.324 e. The van der Waals surface area contributed by atoms with Gasteiger partial charge in [0.25, 0.3) is 0 Å². The van der Waals surface area contributed by atoms with Crippen LogP contribution in [0.3, 0.4) is 0 Å². The zero-order valence-corrected chi connectivity index (χ0v) is 10.8. The lowest BCUT2D eigenvalue weighted by atomic mass is 9.96. The zero-order valence-electron chi connectivity index (χ0n) is 10.8. The topological polar surface area (TPSA) is 41.6 Å². The lowest BCUT2D eigenvalue weighted by Crippen LogP contribution is -2.45. The Kier molecular flexibility index (Phi) is 5.83. The summed E-state index contributed by atoms with van der Waals surface area (Å²) in [5, 5.41) is 2.95. The second-order valence-corrected chi connectivity index (χ2v) is 5.12. The van der Waals surface area contributed by atoms with Crippen molar-refractivity contribution in [1.82, 2.24) is 10.2 Å². The second kappa shape index (κ2) is 6.08. The molecule has 1 unspecified atom stereocenters. The molecule has 0 saturated heterocycles. The minimum absolute atomic E-state index is 0.210. The number of hydrogen-bond acceptors (Lipinski definition) is 4. The van der Waals surface area contributed by atoms with Crippen molar-refractivity contribution in [2.75, 3.05) is 34.3 Å². The maximum absolute atomic E-state index is 11.3. The summed E-state index contributed by atoms with van der Waals surface area (Å²) in [6.45, 7) is 8.14. The van der Waals surface area contributed by atoms with Gasteiger partial charge in [-0.25, -0.2) is 0 Å². The quantitative estimate of drug-likeness (QED) is 0.688. The molecule has 0 aliphatic rings. The first kappa shape index (κ1) is 14.4. The largest absolute Gasteiger partial charge is 0.468 e. The first-order chi connectivity index (χ1) is 6.80. The Labute approximate surface area is 93.0 Å². The summed E-state index contributed by atoms with van der Waals surface area (Å²) in [6, 6.07) is -0.248. The second-order valence-electron chi connectivity index (χ2n) is 5.12. The normalized spacial score (nSPS) is 14.1. The van der Waals surface area contributed by atoms with Gasteiger partial charge in [0.05, 0.1) is 7.11 Å². The van der Waals surface area contributed by atoms with Crippen molar-refractivity contribution in [1.29, 1.82) is 0 Å². The highest BCUT2D eigenvalue weighted by Gasteiger charge is 2.21. The van der Waals surface area contributed by atoms with Gasteiger partial charge in [-0.15, -0.1) is 0 Å². The summed E-state index contributed by atoms with van der Waals surface area (Å²) in [6.07, 6.45) is 0. The smallest absolute Gasteiger partial charge is 0.324 e. The number of carbonyl (C=O) groups is 1. The molecular formula is C11H24N2O2. The average molecular weight is 216 g/mol. The van der Waals surface area contributed by atoms with Crippen molar-refractivity contribution >= 4 is 5.97 Å². The van der Waals surface area contributed by atoms with Crippen LogP contribution in [0.15, 0.2) is 0 Å². The van der Waals surface area contributed by atoms with Crippen LogP contribution in [0.5, 0.6) is 0 Å². The molecule has 0 radical (unpaired) electrons. The van der Waals surface area contributed by atoms with Crippen LogP contribution in [0.1, 0.15) is 20.8 Å². The zero-order chi connectivity index (χ0) is 12.1. The third kappa shape index (κ3) is 6.47. The Morgan fingerprint density at radius 1 is 1.47 bits per heavy atom. The van der Waals surface area contributed by atoms with E-state index in [2.05, 4.69) is 31.0 Å². The molecule has 0 amide bonds. The Morgan fingerprint density at radius 3 is 2.33 bits per heavy atom. The van der Waals surface area contributed by atoms with Gasteiger partial charge in [-0.3, -0.25) is 4.79 Å². The fraction of sp³-hybridized carbons (Fsp3) is 0.909. The fourth-order valence-electron chi connectivity index (χ4n) is 1.61. The standard InChI is InChI=1S/C11H24N2O2/c1-11(2,3)8-13(5)7-9(12-4)10(14)15-6/h9,12H,7-8H2,1-6H3. The van der Waals surface area contributed by atoms with Gasteiger partial charge < -0.3 is 15.0 Å². The lowest BCUT2D eigenvalue weighted by Gasteiger charge is -2.28. The van der Waals surface area contributed by atoms with E-state index in [0.29, 0.717) is 6.54 Å². The highest BCUT2D eigenvalue weighted by molar-refractivity contribution is 5.75. The van der Waals surface area contributed by atoms with Gasteiger partial charge in [-0.05, 0) is 19.5 Å². The number of nitrogens with one attached hydrogen (secondary N) is 1. The van der Waals surface area contributed by atoms with Crippen LogP contribution in [-0.2, 0) is 9.53 Å². The number of carbonyl (C=O) groups excluding carboxylic acids is 1. The molecule has 0 bridgehead atoms. The van der Waals surface area contributed by atoms with Crippen molar-refractivity contribution in [3.8, 4) is 0 Å². The fourth-order valence-corrected chi connectivity index (χ4v) is 1.61. The van der Waals surface area contributed by atoms with Gasteiger partial charge >= 0.3 is 5.97 Å². The predicted molar refractivity (Wildman–Crippen MR) is 61.8 cm³/mol. The SMILES string of the molecule is CNC(CN(C)CC(C)(C)C)C(=O)OC. The molecule has 4 nitrogen and oxygen atoms in total. The number of nitrogens with zero attached hydrogens (tertiary/aromatic N) is 1. The molecule has 0 aromatic heterocycles. The molecule has 15 heavy (non-hydrogen) atoms. The van der Waals surface area contributed by atoms with E-state index >= 15 is 0 Å². The van der Waals surface area contributed by atoms with E-state index in [-0.39, 0.29) is 17.4 Å². The third-order valence-corrected chi connectivity index (χ3v) is 2.07. The predicted octanol–water partition coefficient (Wildman–Crippen LogP) is 0.725. The van der Waals surface area contributed by atoms with E-state index in [4.69, 9.17) is 4.74 Å². The molecule has 4 heteroatoms. The highest BCUT2D eigenvalue weighted by Crippen LogP contribution is 2.14. The van der Waals surface area contributed by atoms with E-state index in [1.165, 1.54) is 7.11 Å². The van der Waals surface area contributed by atoms with Crippen LogP contribution >= 0.6 is 0 Å². The molecule has 0 fully saturated rings. The average Bonchev–Trinajstić information content (AvgIpc) is 2.10. The summed E-state index contributed by atoms with van der Waals surface area (Å²) in [5.74, 6) is -0.210. The highest BCUT2D eigenvalue weighted by atomic mass is 16.5. The molecule has 0 aromatic carbocycles. The number of esters is 1. The first-order valence-corrected chi connectivity index (χ1v) is 5.24. The summed E-state index contributed by atoms with van der Waals surface area (Å²) in [7, 11) is 5.20. The van der Waals surface area contributed by atoms with Gasteiger partial charge in [-0.1, -0.05) is 20.8 Å². The van der Waals surface area contributed by atoms with E-state index in [9.17, 15) is 4.79 Å². The number of hydrogen-bond donors (Lipinski definition) is 1. The summed E-state index contributed by atoms with van der Waals surface area (Å²) >= 11 is 0. The Morgan fingerprint density at radius 2 is 2.00 bits per heavy atom. The van der Waals surface area contributed by atoms with E-state index < -0.39 is 0 Å². The summed E-state index contributed by atoms with van der Waals surface area (Å²) < 4.78 is 4.71. The van der Waals surface area contributed by atoms with Crippen LogP contribution in [-0.4, -0.2) is 51.2 Å². The van der Waals surface area contributed by atoms with Gasteiger partial charge in [-0.2, -0.15) is 0 Å². The Hall–Kier alpha value is -0.610. The molecule has 0 heterocycles. The third-order valence-electron chi connectivity index (χ3n) is 2.07. The van der Waals surface area contributed by atoms with Crippen LogP contribution < -0.4 is 5.32 Å². The number of rotatable bonds is 5. The van der Waals surface area contributed by atoms with Crippen LogP contribution in [0.4, 0.5) is 0 Å². The molecule has 90 valence electrons. The van der Waals surface area contributed by atoms with Crippen LogP contribution in [0.25, 0.3) is 0 Å². The van der Waals surface area contributed by atoms with Crippen LogP contribution in [0, 0.1) is 5.41 Å². The monoisotopic (exact) mass is 216 g/mol. The molecular weight excluding hydrogens is 192 g/mol. The molecule has 0 aliphatic heterocycles. The van der Waals surface area contributed by atoms with Crippen molar-refractivity contribution in [3.63, 3.8) is 0 Å². The van der Waals surface area contributed by atoms with Gasteiger partial charge in [0, 0.05) is 13.1 Å². The van der Waals surface area contributed by atoms with Crippen molar-refractivity contribution in [2.24, 2.45) is 5.41 Å². The van der Waals surface area contributed by atoms with Crippen LogP contribution in [0.2, 0.25) is 0 Å². The Bertz CT molecular complexity index is 199. The number of ether oxygens (including phenoxy) is 1. The van der Waals surface area contributed by atoms with Gasteiger partial charge in [0.1, 0.15) is 6.04 Å². The maximum atomic E-state index is 11.3. The molecule has 0 rings (SSSR count). The summed E-state index contributed by atoms with van der Waals surface area (Å²) in [4.78, 5) is 13.5. The van der Waals surface area contributed by atoms with Gasteiger partial charge in [0.2, 0.25) is 0 Å². The Balaban J connectivity index is 4.13. The molecule has 0 spiro atoms. The van der Waals surface area contributed by atoms with Crippen molar-refractivity contribution in [3.05, 3.63) is 0 Å². The summed E-state index contributed by atoms with van der Waals surface area (Å²) in [5.41, 5.74) is 0.239. The van der Waals surface area contributed by atoms with Crippen molar-refractivity contribution < 1.29 is 9.53 Å². The molecule has 0 aliphatic carbocycles. The van der Waals surface area contributed by atoms with E-state index in [0.717, 1.165) is 6.54 Å². The number of methoxy groups -OCH3 is 1. The van der Waals surface area contributed by atoms with Gasteiger partial charge in [0.15, 0.2) is 0 Å². The van der Waals surface area contributed by atoms with E-state index in [1.807, 2.05) is 7.05 Å². The first-order valence-electron chi connectivity index (χ1n) is 5.24. The van der Waals surface area contributed by atoms with E-state index in [1.54, 1.807) is 7.05 Å². The van der Waals surface area contributed by atoms with Crippen molar-refractivity contribution in [2.45, 2.75) is 26.8 Å².